The third-order valence-electron chi connectivity index (χ3n) is 3.62. The zero-order chi connectivity index (χ0) is 17.6. The SMILES string of the molecule is O=C(C[NH+](Cc1ccco1)Cc1ccco1)Nc1ccc(Br)cc1F. The summed E-state index contributed by atoms with van der Waals surface area (Å²) in [6.45, 7) is 1.19. The second-order valence-corrected chi connectivity index (χ2v) is 6.53. The van der Waals surface area contributed by atoms with Gasteiger partial charge in [0.15, 0.2) is 18.1 Å². The van der Waals surface area contributed by atoms with Gasteiger partial charge in [0.2, 0.25) is 0 Å². The van der Waals surface area contributed by atoms with Crippen LogP contribution < -0.4 is 10.2 Å². The highest BCUT2D eigenvalue weighted by Crippen LogP contribution is 2.19. The molecule has 0 unspecified atom stereocenters. The number of quaternary nitrogens is 1. The number of amides is 1. The Labute approximate surface area is 152 Å². The maximum Gasteiger partial charge on any atom is 0.279 e. The average molecular weight is 408 g/mol. The summed E-state index contributed by atoms with van der Waals surface area (Å²) >= 11 is 3.19. The summed E-state index contributed by atoms with van der Waals surface area (Å²) in [7, 11) is 0. The Balaban J connectivity index is 1.66. The fourth-order valence-corrected chi connectivity index (χ4v) is 2.85. The summed E-state index contributed by atoms with van der Waals surface area (Å²) in [5.74, 6) is 0.768. The lowest BCUT2D eigenvalue weighted by atomic mass is 10.3. The first-order valence-electron chi connectivity index (χ1n) is 7.73. The number of carbonyl (C=O) groups excluding carboxylic acids is 1. The van der Waals surface area contributed by atoms with E-state index in [-0.39, 0.29) is 18.1 Å². The van der Waals surface area contributed by atoms with Crippen molar-refractivity contribution in [3.05, 3.63) is 76.8 Å². The van der Waals surface area contributed by atoms with E-state index in [2.05, 4.69) is 21.2 Å². The first-order valence-corrected chi connectivity index (χ1v) is 8.52. The van der Waals surface area contributed by atoms with Crippen LogP contribution in [-0.4, -0.2) is 12.5 Å². The van der Waals surface area contributed by atoms with E-state index in [9.17, 15) is 9.18 Å². The zero-order valence-corrected chi connectivity index (χ0v) is 14.9. The van der Waals surface area contributed by atoms with Crippen LogP contribution in [0.15, 0.2) is 68.3 Å². The Morgan fingerprint density at radius 1 is 1.08 bits per heavy atom. The molecule has 0 radical (unpaired) electrons. The van der Waals surface area contributed by atoms with Gasteiger partial charge >= 0.3 is 0 Å². The maximum atomic E-state index is 13.9. The van der Waals surface area contributed by atoms with Crippen molar-refractivity contribution in [3.63, 3.8) is 0 Å². The summed E-state index contributed by atoms with van der Waals surface area (Å²) in [4.78, 5) is 13.3. The molecule has 3 rings (SSSR count). The second-order valence-electron chi connectivity index (χ2n) is 5.61. The van der Waals surface area contributed by atoms with Crippen molar-refractivity contribution < 1.29 is 22.9 Å². The lowest BCUT2D eigenvalue weighted by molar-refractivity contribution is -0.921. The first kappa shape index (κ1) is 17.4. The fourth-order valence-electron chi connectivity index (χ4n) is 2.52. The van der Waals surface area contributed by atoms with Crippen LogP contribution in [0.3, 0.4) is 0 Å². The molecule has 0 spiro atoms. The average Bonchev–Trinajstić information content (AvgIpc) is 3.24. The van der Waals surface area contributed by atoms with Crippen molar-refractivity contribution in [1.29, 1.82) is 0 Å². The van der Waals surface area contributed by atoms with E-state index in [1.165, 1.54) is 12.1 Å². The van der Waals surface area contributed by atoms with Crippen molar-refractivity contribution >= 4 is 27.5 Å². The standard InChI is InChI=1S/C18H16BrFN2O3/c19-13-5-6-17(16(20)9-13)21-18(23)12-22(10-14-3-1-7-24-14)11-15-4-2-8-25-15/h1-9H,10-12H2,(H,21,23)/p+1. The molecule has 1 aromatic carbocycles. The molecule has 25 heavy (non-hydrogen) atoms. The summed E-state index contributed by atoms with van der Waals surface area (Å²) in [6, 6.07) is 11.8. The smallest absolute Gasteiger partial charge is 0.279 e. The minimum Gasteiger partial charge on any atom is -0.463 e. The molecule has 1 amide bonds. The lowest BCUT2D eigenvalue weighted by Crippen LogP contribution is -3.10. The van der Waals surface area contributed by atoms with Crippen LogP contribution in [0.4, 0.5) is 10.1 Å². The topological polar surface area (TPSA) is 59.8 Å². The van der Waals surface area contributed by atoms with Gasteiger partial charge in [-0.05, 0) is 42.5 Å². The van der Waals surface area contributed by atoms with Crippen LogP contribution in [0.2, 0.25) is 0 Å². The van der Waals surface area contributed by atoms with Gasteiger partial charge in [0.1, 0.15) is 18.9 Å². The van der Waals surface area contributed by atoms with Gasteiger partial charge in [-0.1, -0.05) is 15.9 Å². The zero-order valence-electron chi connectivity index (χ0n) is 13.3. The fraction of sp³-hybridized carbons (Fsp3) is 0.167. The van der Waals surface area contributed by atoms with Crippen LogP contribution in [0.25, 0.3) is 0 Å². The molecule has 7 heteroatoms. The molecule has 130 valence electrons. The molecule has 3 aromatic rings. The number of hydrogen-bond acceptors (Lipinski definition) is 3. The lowest BCUT2D eigenvalue weighted by Gasteiger charge is -2.17. The number of hydrogen-bond donors (Lipinski definition) is 2. The minimum absolute atomic E-state index is 0.150. The van der Waals surface area contributed by atoms with E-state index >= 15 is 0 Å². The number of nitrogens with one attached hydrogen (secondary N) is 2. The van der Waals surface area contributed by atoms with E-state index in [1.54, 1.807) is 30.7 Å². The van der Waals surface area contributed by atoms with Crippen molar-refractivity contribution in [2.24, 2.45) is 0 Å². The van der Waals surface area contributed by atoms with E-state index in [4.69, 9.17) is 8.83 Å². The molecular weight excluding hydrogens is 391 g/mol. The van der Waals surface area contributed by atoms with Crippen LogP contribution in [0, 0.1) is 5.82 Å². The monoisotopic (exact) mass is 407 g/mol. The van der Waals surface area contributed by atoms with Crippen molar-refractivity contribution in [2.45, 2.75) is 13.1 Å². The number of furan rings is 2. The Morgan fingerprint density at radius 2 is 1.72 bits per heavy atom. The molecule has 0 saturated heterocycles. The van der Waals surface area contributed by atoms with E-state index in [0.717, 1.165) is 16.4 Å². The summed E-state index contributed by atoms with van der Waals surface area (Å²) in [6.07, 6.45) is 3.19. The molecule has 0 saturated carbocycles. The Kier molecular flexibility index (Phi) is 5.67. The van der Waals surface area contributed by atoms with Crippen LogP contribution in [-0.2, 0) is 17.9 Å². The van der Waals surface area contributed by atoms with Gasteiger partial charge in [-0.15, -0.1) is 0 Å². The maximum absolute atomic E-state index is 13.9. The molecule has 2 aromatic heterocycles. The number of benzene rings is 1. The molecule has 0 bridgehead atoms. The first-order chi connectivity index (χ1) is 12.1. The van der Waals surface area contributed by atoms with Crippen molar-refractivity contribution in [3.8, 4) is 0 Å². The summed E-state index contributed by atoms with van der Waals surface area (Å²) in [5, 5.41) is 2.61. The number of carbonyl (C=O) groups is 1. The van der Waals surface area contributed by atoms with Gasteiger partial charge < -0.3 is 19.1 Å². The molecule has 0 fully saturated rings. The molecule has 5 nitrogen and oxygen atoms in total. The number of rotatable bonds is 7. The Morgan fingerprint density at radius 3 is 2.24 bits per heavy atom. The Hall–Kier alpha value is -2.38. The summed E-state index contributed by atoms with van der Waals surface area (Å²) in [5.41, 5.74) is 0.156. The van der Waals surface area contributed by atoms with Crippen LogP contribution in [0.5, 0.6) is 0 Å². The number of halogens is 2. The molecule has 0 atom stereocenters. The molecule has 0 aliphatic carbocycles. The van der Waals surface area contributed by atoms with Gasteiger partial charge in [-0.3, -0.25) is 4.79 Å². The van der Waals surface area contributed by atoms with Gasteiger partial charge in [-0.25, -0.2) is 4.39 Å². The highest BCUT2D eigenvalue weighted by molar-refractivity contribution is 9.10. The summed E-state index contributed by atoms with van der Waals surface area (Å²) < 4.78 is 25.2. The molecule has 0 aliphatic rings. The highest BCUT2D eigenvalue weighted by Gasteiger charge is 2.19. The van der Waals surface area contributed by atoms with Gasteiger partial charge in [-0.2, -0.15) is 0 Å². The van der Waals surface area contributed by atoms with E-state index in [0.29, 0.717) is 17.6 Å². The number of anilines is 1. The molecular formula is C18H17BrFN2O3+. The van der Waals surface area contributed by atoms with Gasteiger partial charge in [0.05, 0.1) is 18.2 Å². The van der Waals surface area contributed by atoms with E-state index < -0.39 is 5.82 Å². The van der Waals surface area contributed by atoms with Gasteiger partial charge in [0, 0.05) is 4.47 Å². The predicted molar refractivity (Wildman–Crippen MR) is 93.4 cm³/mol. The van der Waals surface area contributed by atoms with Crippen molar-refractivity contribution in [2.75, 3.05) is 11.9 Å². The second kappa shape index (κ2) is 8.13. The van der Waals surface area contributed by atoms with Crippen LogP contribution in [0.1, 0.15) is 11.5 Å². The Bertz CT molecular complexity index is 783. The predicted octanol–water partition coefficient (Wildman–Crippen LogP) is 3.00. The third-order valence-corrected chi connectivity index (χ3v) is 4.12. The third kappa shape index (κ3) is 5.04. The van der Waals surface area contributed by atoms with E-state index in [1.807, 2.05) is 12.1 Å². The normalized spacial score (nSPS) is 11.0. The minimum atomic E-state index is -0.485. The molecule has 2 N–H and O–H groups in total. The quantitative estimate of drug-likeness (QED) is 0.632. The van der Waals surface area contributed by atoms with Crippen molar-refractivity contribution in [1.82, 2.24) is 0 Å². The largest absolute Gasteiger partial charge is 0.463 e. The molecule has 2 heterocycles. The van der Waals surface area contributed by atoms with Crippen LogP contribution >= 0.6 is 15.9 Å². The van der Waals surface area contributed by atoms with Gasteiger partial charge in [0.25, 0.3) is 5.91 Å². The molecule has 0 aliphatic heterocycles. The highest BCUT2D eigenvalue weighted by atomic mass is 79.9.